The van der Waals surface area contributed by atoms with Crippen LogP contribution in [0.2, 0.25) is 0 Å². The van der Waals surface area contributed by atoms with Crippen LogP contribution in [0.5, 0.6) is 5.75 Å². The van der Waals surface area contributed by atoms with Gasteiger partial charge < -0.3 is 14.7 Å². The molecule has 156 valence electrons. The Morgan fingerprint density at radius 3 is 2.57 bits per heavy atom. The molecule has 0 fully saturated rings. The number of benzene rings is 2. The van der Waals surface area contributed by atoms with Gasteiger partial charge in [-0.2, -0.15) is 0 Å². The first-order chi connectivity index (χ1) is 14.2. The number of hydrogen-bond acceptors (Lipinski definition) is 4. The second kappa shape index (κ2) is 8.54. The molecule has 2 aromatic carbocycles. The summed E-state index contributed by atoms with van der Waals surface area (Å²) in [5.41, 5.74) is 3.20. The summed E-state index contributed by atoms with van der Waals surface area (Å²) in [4.78, 5) is 17.8. The molecule has 0 spiro atoms. The monoisotopic (exact) mass is 416 g/mol. The smallest absolute Gasteiger partial charge is 0.406 e. The topological polar surface area (TPSA) is 62.7 Å². The third-order valence-electron chi connectivity index (χ3n) is 4.61. The molecule has 3 aromatic rings. The van der Waals surface area contributed by atoms with Gasteiger partial charge >= 0.3 is 6.36 Å². The van der Waals surface area contributed by atoms with E-state index in [1.165, 1.54) is 35.2 Å². The van der Waals surface area contributed by atoms with Gasteiger partial charge in [-0.15, -0.1) is 13.2 Å². The highest BCUT2D eigenvalue weighted by atomic mass is 19.4. The standard InChI is InChI=1S/C22H19F3N2O3/c1-3-20(29)27(2)12-15-11-18(21-17(19(15)13-28)5-4-10-26-21)14-6-8-16(9-7-14)30-22(23,24)25/h3-11,28H,1,12-13H2,2H3. The molecule has 8 heteroatoms. The van der Waals surface area contributed by atoms with Gasteiger partial charge in [-0.1, -0.05) is 24.8 Å². The van der Waals surface area contributed by atoms with Crippen molar-refractivity contribution in [3.8, 4) is 16.9 Å². The van der Waals surface area contributed by atoms with E-state index < -0.39 is 6.36 Å². The second-order valence-electron chi connectivity index (χ2n) is 6.59. The Balaban J connectivity index is 2.12. The van der Waals surface area contributed by atoms with Crippen LogP contribution in [-0.4, -0.2) is 34.3 Å². The number of carbonyl (C=O) groups is 1. The number of amides is 1. The predicted molar refractivity (Wildman–Crippen MR) is 106 cm³/mol. The van der Waals surface area contributed by atoms with Gasteiger partial charge in [-0.3, -0.25) is 9.78 Å². The van der Waals surface area contributed by atoms with Crippen molar-refractivity contribution >= 4 is 16.8 Å². The molecule has 1 aromatic heterocycles. The first-order valence-corrected chi connectivity index (χ1v) is 8.97. The molecule has 0 aliphatic carbocycles. The Hall–Kier alpha value is -3.39. The molecule has 0 aliphatic rings. The number of pyridine rings is 1. The van der Waals surface area contributed by atoms with Gasteiger partial charge in [-0.05, 0) is 47.0 Å². The maximum atomic E-state index is 12.4. The zero-order valence-corrected chi connectivity index (χ0v) is 16.1. The Labute approximate surface area is 171 Å². The summed E-state index contributed by atoms with van der Waals surface area (Å²) in [6.45, 7) is 3.43. The van der Waals surface area contributed by atoms with E-state index in [1.807, 2.05) is 0 Å². The third kappa shape index (κ3) is 4.60. The lowest BCUT2D eigenvalue weighted by molar-refractivity contribution is -0.274. The largest absolute Gasteiger partial charge is 0.573 e. The van der Waals surface area contributed by atoms with Crippen molar-refractivity contribution in [2.75, 3.05) is 7.05 Å². The van der Waals surface area contributed by atoms with Crippen LogP contribution in [-0.2, 0) is 17.9 Å². The van der Waals surface area contributed by atoms with Crippen LogP contribution in [0.4, 0.5) is 13.2 Å². The molecule has 0 unspecified atom stereocenters. The summed E-state index contributed by atoms with van der Waals surface area (Å²) in [6.07, 6.45) is -1.98. The van der Waals surface area contributed by atoms with Crippen LogP contribution in [0, 0.1) is 0 Å². The number of ether oxygens (including phenoxy) is 1. The lowest BCUT2D eigenvalue weighted by atomic mass is 9.94. The summed E-state index contributed by atoms with van der Waals surface area (Å²) in [7, 11) is 1.61. The van der Waals surface area contributed by atoms with E-state index in [0.717, 1.165) is 0 Å². The quantitative estimate of drug-likeness (QED) is 0.604. The SMILES string of the molecule is C=CC(=O)N(C)Cc1cc(-c2ccc(OC(F)(F)F)cc2)c2ncccc2c1CO. The summed E-state index contributed by atoms with van der Waals surface area (Å²) in [5.74, 6) is -0.604. The van der Waals surface area contributed by atoms with Crippen molar-refractivity contribution in [3.63, 3.8) is 0 Å². The molecule has 1 heterocycles. The van der Waals surface area contributed by atoms with E-state index in [1.54, 1.807) is 31.4 Å². The van der Waals surface area contributed by atoms with Crippen LogP contribution in [0.1, 0.15) is 11.1 Å². The molecule has 1 amide bonds. The molecule has 0 saturated heterocycles. The number of hydrogen-bond donors (Lipinski definition) is 1. The molecule has 0 bridgehead atoms. The molecule has 3 rings (SSSR count). The number of aliphatic hydroxyl groups excluding tert-OH is 1. The normalized spacial score (nSPS) is 11.4. The fourth-order valence-corrected chi connectivity index (χ4v) is 3.24. The minimum absolute atomic E-state index is 0.216. The van der Waals surface area contributed by atoms with Crippen molar-refractivity contribution in [3.05, 3.63) is 72.4 Å². The molecule has 1 N–H and O–H groups in total. The van der Waals surface area contributed by atoms with Gasteiger partial charge in [0.25, 0.3) is 0 Å². The number of likely N-dealkylation sites (N-methyl/N-ethyl adjacent to an activating group) is 1. The van der Waals surface area contributed by atoms with Gasteiger partial charge in [0.1, 0.15) is 5.75 Å². The Bertz CT molecular complexity index is 1080. The summed E-state index contributed by atoms with van der Waals surface area (Å²) in [6, 6.07) is 10.8. The highest BCUT2D eigenvalue weighted by Crippen LogP contribution is 2.34. The highest BCUT2D eigenvalue weighted by Gasteiger charge is 2.31. The van der Waals surface area contributed by atoms with Gasteiger partial charge in [0.15, 0.2) is 0 Å². The molecular formula is C22H19F3N2O3. The van der Waals surface area contributed by atoms with Gasteiger partial charge in [-0.25, -0.2) is 0 Å². The highest BCUT2D eigenvalue weighted by molar-refractivity contribution is 5.96. The molecule has 5 nitrogen and oxygen atoms in total. The van der Waals surface area contributed by atoms with Crippen molar-refractivity contribution in [1.29, 1.82) is 0 Å². The molecule has 0 aliphatic heterocycles. The van der Waals surface area contributed by atoms with Gasteiger partial charge in [0, 0.05) is 30.7 Å². The van der Waals surface area contributed by atoms with E-state index in [4.69, 9.17) is 0 Å². The Morgan fingerprint density at radius 2 is 1.97 bits per heavy atom. The number of carbonyl (C=O) groups excluding carboxylic acids is 1. The third-order valence-corrected chi connectivity index (χ3v) is 4.61. The first kappa shape index (κ1) is 21.3. The summed E-state index contributed by atoms with van der Waals surface area (Å²) < 4.78 is 41.2. The minimum atomic E-state index is -4.77. The number of alkyl halides is 3. The van der Waals surface area contributed by atoms with Crippen molar-refractivity contribution in [2.24, 2.45) is 0 Å². The number of rotatable bonds is 6. The Kier molecular flexibility index (Phi) is 6.07. The number of aromatic nitrogens is 1. The van der Waals surface area contributed by atoms with Crippen LogP contribution in [0.15, 0.2) is 61.3 Å². The summed E-state index contributed by atoms with van der Waals surface area (Å²) in [5, 5.41) is 10.7. The van der Waals surface area contributed by atoms with Crippen LogP contribution in [0.3, 0.4) is 0 Å². The first-order valence-electron chi connectivity index (χ1n) is 8.97. The number of fused-ring (bicyclic) bond motifs is 1. The molecular weight excluding hydrogens is 397 g/mol. The fraction of sp³-hybridized carbons (Fsp3) is 0.182. The Morgan fingerprint density at radius 1 is 1.27 bits per heavy atom. The van der Waals surface area contributed by atoms with Crippen LogP contribution < -0.4 is 4.74 Å². The van der Waals surface area contributed by atoms with Crippen LogP contribution in [0.25, 0.3) is 22.0 Å². The number of aliphatic hydroxyl groups is 1. The maximum absolute atomic E-state index is 12.4. The minimum Gasteiger partial charge on any atom is -0.406 e. The number of nitrogens with zero attached hydrogens (tertiary/aromatic N) is 2. The molecule has 0 atom stereocenters. The van der Waals surface area contributed by atoms with Crippen molar-refractivity contribution in [2.45, 2.75) is 19.5 Å². The molecule has 30 heavy (non-hydrogen) atoms. The van der Waals surface area contributed by atoms with Gasteiger partial charge in [0.2, 0.25) is 5.91 Å². The lowest BCUT2D eigenvalue weighted by Crippen LogP contribution is -2.24. The fourth-order valence-electron chi connectivity index (χ4n) is 3.24. The van der Waals surface area contributed by atoms with Crippen molar-refractivity contribution < 1.29 is 27.8 Å². The second-order valence-corrected chi connectivity index (χ2v) is 6.59. The van der Waals surface area contributed by atoms with E-state index >= 15 is 0 Å². The van der Waals surface area contributed by atoms with Crippen molar-refractivity contribution in [1.82, 2.24) is 9.88 Å². The summed E-state index contributed by atoms with van der Waals surface area (Å²) >= 11 is 0. The van der Waals surface area contributed by atoms with E-state index in [2.05, 4.69) is 16.3 Å². The average Bonchev–Trinajstić information content (AvgIpc) is 2.72. The molecule has 0 radical (unpaired) electrons. The zero-order valence-electron chi connectivity index (χ0n) is 16.1. The lowest BCUT2D eigenvalue weighted by Gasteiger charge is -2.20. The maximum Gasteiger partial charge on any atom is 0.573 e. The predicted octanol–water partition coefficient (Wildman–Crippen LogP) is 4.44. The van der Waals surface area contributed by atoms with E-state index in [9.17, 15) is 23.1 Å². The van der Waals surface area contributed by atoms with Gasteiger partial charge in [0.05, 0.1) is 12.1 Å². The van der Waals surface area contributed by atoms with E-state index in [-0.39, 0.29) is 24.8 Å². The van der Waals surface area contributed by atoms with E-state index in [0.29, 0.717) is 33.2 Å². The molecule has 0 saturated carbocycles. The zero-order chi connectivity index (χ0) is 21.9. The van der Waals surface area contributed by atoms with Crippen LogP contribution >= 0.6 is 0 Å². The number of halogens is 3. The average molecular weight is 416 g/mol.